The SMILES string of the molecule is Cc1ccc(-c2csc(NC(=O)c3ccc(-n4ccnc4)c([N+](=O)[O-])c3)n2)c(C)c1. The van der Waals surface area contributed by atoms with Crippen LogP contribution in [0.25, 0.3) is 16.9 Å². The van der Waals surface area contributed by atoms with Crippen LogP contribution >= 0.6 is 11.3 Å². The summed E-state index contributed by atoms with van der Waals surface area (Å²) in [6, 6.07) is 10.4. The Morgan fingerprint density at radius 1 is 1.20 bits per heavy atom. The molecule has 0 aliphatic heterocycles. The molecular formula is C21H17N5O3S. The van der Waals surface area contributed by atoms with E-state index in [2.05, 4.69) is 21.4 Å². The van der Waals surface area contributed by atoms with Crippen molar-refractivity contribution < 1.29 is 9.72 Å². The molecule has 0 saturated heterocycles. The lowest BCUT2D eigenvalue weighted by Crippen LogP contribution is -2.12. The van der Waals surface area contributed by atoms with Crippen LogP contribution in [0.5, 0.6) is 0 Å². The summed E-state index contributed by atoms with van der Waals surface area (Å²) in [6.45, 7) is 4.04. The maximum Gasteiger partial charge on any atom is 0.294 e. The Labute approximate surface area is 176 Å². The van der Waals surface area contributed by atoms with E-state index in [0.717, 1.165) is 16.8 Å². The Bertz CT molecular complexity index is 1250. The van der Waals surface area contributed by atoms with Crippen LogP contribution in [0.15, 0.2) is 60.5 Å². The lowest BCUT2D eigenvalue weighted by Gasteiger charge is -2.06. The van der Waals surface area contributed by atoms with E-state index >= 15 is 0 Å². The Morgan fingerprint density at radius 3 is 2.73 bits per heavy atom. The fraction of sp³-hybridized carbons (Fsp3) is 0.0952. The van der Waals surface area contributed by atoms with Crippen molar-refractivity contribution in [3.05, 3.63) is 87.3 Å². The van der Waals surface area contributed by atoms with Gasteiger partial charge in [-0.05, 0) is 31.5 Å². The molecule has 2 heterocycles. The van der Waals surface area contributed by atoms with Crippen molar-refractivity contribution >= 4 is 28.1 Å². The van der Waals surface area contributed by atoms with Crippen LogP contribution in [0.4, 0.5) is 10.8 Å². The van der Waals surface area contributed by atoms with Crippen LogP contribution in [0.2, 0.25) is 0 Å². The van der Waals surface area contributed by atoms with Gasteiger partial charge in [0.2, 0.25) is 0 Å². The van der Waals surface area contributed by atoms with Gasteiger partial charge in [0.15, 0.2) is 5.13 Å². The molecule has 0 saturated carbocycles. The molecule has 0 radical (unpaired) electrons. The van der Waals surface area contributed by atoms with Crippen LogP contribution in [0.3, 0.4) is 0 Å². The number of hydrogen-bond acceptors (Lipinski definition) is 6. The molecule has 2 aromatic heterocycles. The number of benzene rings is 2. The highest BCUT2D eigenvalue weighted by atomic mass is 32.1. The lowest BCUT2D eigenvalue weighted by atomic mass is 10.0. The number of rotatable bonds is 5. The summed E-state index contributed by atoms with van der Waals surface area (Å²) in [5.74, 6) is -0.461. The van der Waals surface area contributed by atoms with E-state index in [1.807, 2.05) is 31.4 Å². The van der Waals surface area contributed by atoms with E-state index in [0.29, 0.717) is 10.8 Å². The molecule has 1 N–H and O–H groups in total. The highest BCUT2D eigenvalue weighted by molar-refractivity contribution is 7.14. The monoisotopic (exact) mass is 419 g/mol. The topological polar surface area (TPSA) is 103 Å². The molecule has 1 amide bonds. The molecule has 0 unspecified atom stereocenters. The van der Waals surface area contributed by atoms with Gasteiger partial charge in [0.25, 0.3) is 11.6 Å². The quantitative estimate of drug-likeness (QED) is 0.371. The third-order valence-corrected chi connectivity index (χ3v) is 5.36. The van der Waals surface area contributed by atoms with Gasteiger partial charge in [-0.2, -0.15) is 0 Å². The molecule has 30 heavy (non-hydrogen) atoms. The van der Waals surface area contributed by atoms with Crippen molar-refractivity contribution in [1.82, 2.24) is 14.5 Å². The first-order chi connectivity index (χ1) is 14.4. The van der Waals surface area contributed by atoms with Crippen LogP contribution in [-0.4, -0.2) is 25.4 Å². The zero-order chi connectivity index (χ0) is 21.3. The summed E-state index contributed by atoms with van der Waals surface area (Å²) in [7, 11) is 0. The number of nitrogens with zero attached hydrogens (tertiary/aromatic N) is 4. The first kappa shape index (κ1) is 19.5. The van der Waals surface area contributed by atoms with Gasteiger partial charge in [0, 0.05) is 35.0 Å². The van der Waals surface area contributed by atoms with Gasteiger partial charge < -0.3 is 4.57 Å². The maximum absolute atomic E-state index is 12.7. The molecule has 0 aliphatic carbocycles. The highest BCUT2D eigenvalue weighted by Gasteiger charge is 2.19. The Kier molecular flexibility index (Phi) is 5.11. The van der Waals surface area contributed by atoms with Gasteiger partial charge in [0.1, 0.15) is 5.69 Å². The number of thiazole rings is 1. The zero-order valence-corrected chi connectivity index (χ0v) is 17.0. The fourth-order valence-electron chi connectivity index (χ4n) is 3.16. The van der Waals surface area contributed by atoms with Crippen molar-refractivity contribution in [3.8, 4) is 16.9 Å². The van der Waals surface area contributed by atoms with Crippen molar-refractivity contribution in [2.24, 2.45) is 0 Å². The molecule has 2 aromatic carbocycles. The third kappa shape index (κ3) is 3.83. The molecule has 8 nitrogen and oxygen atoms in total. The van der Waals surface area contributed by atoms with Gasteiger partial charge >= 0.3 is 0 Å². The number of nitrogens with one attached hydrogen (secondary N) is 1. The molecular weight excluding hydrogens is 402 g/mol. The first-order valence-electron chi connectivity index (χ1n) is 9.03. The van der Waals surface area contributed by atoms with Gasteiger partial charge in [-0.1, -0.05) is 23.8 Å². The van der Waals surface area contributed by atoms with E-state index in [9.17, 15) is 14.9 Å². The Hall–Kier alpha value is -3.85. The van der Waals surface area contributed by atoms with Crippen molar-refractivity contribution in [3.63, 3.8) is 0 Å². The largest absolute Gasteiger partial charge is 0.300 e. The van der Waals surface area contributed by atoms with Crippen LogP contribution in [0, 0.1) is 24.0 Å². The number of amides is 1. The van der Waals surface area contributed by atoms with E-state index < -0.39 is 10.8 Å². The molecule has 4 rings (SSSR count). The predicted octanol–water partition coefficient (Wildman–Crippen LogP) is 4.77. The predicted molar refractivity (Wildman–Crippen MR) is 115 cm³/mol. The van der Waals surface area contributed by atoms with Gasteiger partial charge in [-0.25, -0.2) is 9.97 Å². The molecule has 4 aromatic rings. The average Bonchev–Trinajstić information content (AvgIpc) is 3.40. The van der Waals surface area contributed by atoms with Gasteiger partial charge in [-0.3, -0.25) is 20.2 Å². The van der Waals surface area contributed by atoms with Crippen LogP contribution < -0.4 is 5.32 Å². The van der Waals surface area contributed by atoms with Crippen LogP contribution in [-0.2, 0) is 0 Å². The third-order valence-electron chi connectivity index (χ3n) is 4.60. The highest BCUT2D eigenvalue weighted by Crippen LogP contribution is 2.29. The van der Waals surface area contributed by atoms with E-state index in [1.54, 1.807) is 6.20 Å². The van der Waals surface area contributed by atoms with Crippen molar-refractivity contribution in [2.45, 2.75) is 13.8 Å². The summed E-state index contributed by atoms with van der Waals surface area (Å²) >= 11 is 1.30. The molecule has 9 heteroatoms. The molecule has 150 valence electrons. The molecule has 0 spiro atoms. The summed E-state index contributed by atoms with van der Waals surface area (Å²) in [4.78, 5) is 32.0. The van der Waals surface area contributed by atoms with Crippen molar-refractivity contribution in [2.75, 3.05) is 5.32 Å². The maximum atomic E-state index is 12.7. The zero-order valence-electron chi connectivity index (χ0n) is 16.2. The molecule has 0 aliphatic rings. The van der Waals surface area contributed by atoms with E-state index in [-0.39, 0.29) is 11.3 Å². The number of nitro groups is 1. The number of aromatic nitrogens is 3. The summed E-state index contributed by atoms with van der Waals surface area (Å²) in [5.41, 5.74) is 4.36. The summed E-state index contributed by atoms with van der Waals surface area (Å²) in [5, 5.41) is 16.5. The smallest absolute Gasteiger partial charge is 0.294 e. The van der Waals surface area contributed by atoms with E-state index in [4.69, 9.17) is 0 Å². The Morgan fingerprint density at radius 2 is 2.03 bits per heavy atom. The second kappa shape index (κ2) is 7.88. The second-order valence-corrected chi connectivity index (χ2v) is 7.60. The number of carbonyl (C=O) groups is 1. The normalized spacial score (nSPS) is 10.7. The number of aryl methyl sites for hydroxylation is 2. The number of imidazole rings is 1. The average molecular weight is 419 g/mol. The second-order valence-electron chi connectivity index (χ2n) is 6.74. The molecule has 0 fully saturated rings. The lowest BCUT2D eigenvalue weighted by molar-refractivity contribution is -0.384. The number of hydrogen-bond donors (Lipinski definition) is 1. The van der Waals surface area contributed by atoms with Crippen molar-refractivity contribution in [1.29, 1.82) is 0 Å². The van der Waals surface area contributed by atoms with E-state index in [1.165, 1.54) is 52.2 Å². The Balaban J connectivity index is 1.58. The van der Waals surface area contributed by atoms with Gasteiger partial charge in [-0.15, -0.1) is 11.3 Å². The summed E-state index contributed by atoms with van der Waals surface area (Å²) < 4.78 is 1.52. The molecule has 0 bridgehead atoms. The van der Waals surface area contributed by atoms with Crippen LogP contribution in [0.1, 0.15) is 21.5 Å². The summed E-state index contributed by atoms with van der Waals surface area (Å²) in [6.07, 6.45) is 4.60. The standard InChI is InChI=1S/C21H17N5O3S/c1-13-3-5-16(14(2)9-13)17-11-30-21(23-17)24-20(27)15-4-6-18(19(10-15)26(28)29)25-8-7-22-12-25/h3-12H,1-2H3,(H,23,24,27). The minimum Gasteiger partial charge on any atom is -0.300 e. The number of anilines is 1. The number of carbonyl (C=O) groups excluding carboxylic acids is 1. The fourth-order valence-corrected chi connectivity index (χ4v) is 3.86. The first-order valence-corrected chi connectivity index (χ1v) is 9.91. The van der Waals surface area contributed by atoms with Gasteiger partial charge in [0.05, 0.1) is 16.9 Å². The minimum absolute atomic E-state index is 0.175. The number of nitro benzene ring substituents is 1. The minimum atomic E-state index is -0.520. The molecule has 0 atom stereocenters.